The van der Waals surface area contributed by atoms with E-state index in [4.69, 9.17) is 0 Å². The first-order valence-electron chi connectivity index (χ1n) is 6.24. The van der Waals surface area contributed by atoms with E-state index in [1.807, 2.05) is 0 Å². The zero-order valence-electron chi connectivity index (χ0n) is 11.8. The Hall–Kier alpha value is -2.26. The summed E-state index contributed by atoms with van der Waals surface area (Å²) < 4.78 is 23.9. The quantitative estimate of drug-likeness (QED) is 0.628. The molecule has 1 N–H and O–H groups in total. The lowest BCUT2D eigenvalue weighted by molar-refractivity contribution is -0.387. The standard InChI is InChI=1S/C14H11BrN2O5S/c1-23(21,22)13-7-2-9(8-12(13)17(19)20)14(18)16-11-5-3-10(15)4-6-11/h2-8H,1H3,(H,16,18). The molecule has 2 aromatic carbocycles. The number of nitro groups is 1. The molecule has 0 saturated carbocycles. The van der Waals surface area contributed by atoms with Crippen molar-refractivity contribution in [1.29, 1.82) is 0 Å². The third kappa shape index (κ3) is 4.14. The number of anilines is 1. The van der Waals surface area contributed by atoms with Gasteiger partial charge in [0.1, 0.15) is 4.90 Å². The van der Waals surface area contributed by atoms with Gasteiger partial charge in [-0.3, -0.25) is 14.9 Å². The minimum Gasteiger partial charge on any atom is -0.322 e. The van der Waals surface area contributed by atoms with Crippen LogP contribution in [0.3, 0.4) is 0 Å². The number of sulfone groups is 1. The number of nitrogens with one attached hydrogen (secondary N) is 1. The fourth-order valence-corrected chi connectivity index (χ4v) is 2.94. The highest BCUT2D eigenvalue weighted by Gasteiger charge is 2.24. The maximum Gasteiger partial charge on any atom is 0.288 e. The van der Waals surface area contributed by atoms with E-state index in [1.54, 1.807) is 24.3 Å². The number of hydrogen-bond donors (Lipinski definition) is 1. The van der Waals surface area contributed by atoms with Crippen molar-refractivity contribution in [2.45, 2.75) is 4.90 Å². The van der Waals surface area contributed by atoms with Gasteiger partial charge in [0.05, 0.1) is 4.92 Å². The highest BCUT2D eigenvalue weighted by molar-refractivity contribution is 9.10. The van der Waals surface area contributed by atoms with Crippen molar-refractivity contribution in [1.82, 2.24) is 0 Å². The van der Waals surface area contributed by atoms with Crippen molar-refractivity contribution < 1.29 is 18.1 Å². The summed E-state index contributed by atoms with van der Waals surface area (Å²) in [7, 11) is -3.76. The third-order valence-electron chi connectivity index (χ3n) is 2.92. The maximum absolute atomic E-state index is 12.1. The molecule has 0 saturated heterocycles. The Kier molecular flexibility index (Phi) is 4.81. The molecule has 7 nitrogen and oxygen atoms in total. The Morgan fingerprint density at radius 3 is 2.30 bits per heavy atom. The minimum atomic E-state index is -3.76. The molecule has 9 heteroatoms. The molecule has 2 rings (SSSR count). The number of nitro benzene ring substituents is 1. The maximum atomic E-state index is 12.1. The lowest BCUT2D eigenvalue weighted by Crippen LogP contribution is -2.13. The normalized spacial score (nSPS) is 11.0. The molecule has 0 unspecified atom stereocenters. The second-order valence-electron chi connectivity index (χ2n) is 4.67. The van der Waals surface area contributed by atoms with E-state index in [9.17, 15) is 23.3 Å². The smallest absolute Gasteiger partial charge is 0.288 e. The van der Waals surface area contributed by atoms with Gasteiger partial charge in [0.25, 0.3) is 11.6 Å². The molecule has 0 fully saturated rings. The monoisotopic (exact) mass is 398 g/mol. The molecule has 1 amide bonds. The van der Waals surface area contributed by atoms with E-state index >= 15 is 0 Å². The summed E-state index contributed by atoms with van der Waals surface area (Å²) >= 11 is 3.26. The van der Waals surface area contributed by atoms with Gasteiger partial charge in [-0.05, 0) is 36.4 Å². The van der Waals surface area contributed by atoms with Crippen molar-refractivity contribution in [3.05, 3.63) is 62.6 Å². The minimum absolute atomic E-state index is 0.00739. The highest BCUT2D eigenvalue weighted by Crippen LogP contribution is 2.25. The van der Waals surface area contributed by atoms with Crippen LogP contribution in [0.4, 0.5) is 11.4 Å². The Bertz CT molecular complexity index is 879. The number of benzene rings is 2. The van der Waals surface area contributed by atoms with Gasteiger partial charge in [0.15, 0.2) is 9.84 Å². The van der Waals surface area contributed by atoms with Gasteiger partial charge in [0, 0.05) is 28.0 Å². The predicted molar refractivity (Wildman–Crippen MR) is 88.3 cm³/mol. The van der Waals surface area contributed by atoms with Gasteiger partial charge in [-0.15, -0.1) is 0 Å². The number of carbonyl (C=O) groups excluding carboxylic acids is 1. The van der Waals surface area contributed by atoms with Crippen LogP contribution in [0.2, 0.25) is 0 Å². The average molecular weight is 399 g/mol. The molecule has 0 atom stereocenters. The average Bonchev–Trinajstić information content (AvgIpc) is 2.48. The van der Waals surface area contributed by atoms with Crippen molar-refractivity contribution in [3.8, 4) is 0 Å². The summed E-state index contributed by atoms with van der Waals surface area (Å²) in [5, 5.41) is 13.6. The molecule has 0 heterocycles. The molecule has 0 aliphatic rings. The van der Waals surface area contributed by atoms with Crippen LogP contribution in [0.1, 0.15) is 10.4 Å². The number of rotatable bonds is 4. The number of hydrogen-bond acceptors (Lipinski definition) is 5. The Morgan fingerprint density at radius 1 is 1.17 bits per heavy atom. The molecule has 23 heavy (non-hydrogen) atoms. The molecule has 0 aliphatic carbocycles. The Morgan fingerprint density at radius 2 is 1.78 bits per heavy atom. The predicted octanol–water partition coefficient (Wildman–Crippen LogP) is 3.01. The molecule has 0 spiro atoms. The summed E-state index contributed by atoms with van der Waals surface area (Å²) in [6.45, 7) is 0. The van der Waals surface area contributed by atoms with Crippen LogP contribution in [0.5, 0.6) is 0 Å². The molecule has 0 radical (unpaired) electrons. The second-order valence-corrected chi connectivity index (χ2v) is 7.57. The van der Waals surface area contributed by atoms with E-state index in [0.717, 1.165) is 22.9 Å². The van der Waals surface area contributed by atoms with Crippen LogP contribution in [0, 0.1) is 10.1 Å². The first kappa shape index (κ1) is 17.1. The molecule has 0 aliphatic heterocycles. The molecular formula is C14H11BrN2O5S. The fraction of sp³-hybridized carbons (Fsp3) is 0.0714. The van der Waals surface area contributed by atoms with Gasteiger partial charge in [-0.1, -0.05) is 15.9 Å². The van der Waals surface area contributed by atoms with Gasteiger partial charge in [-0.2, -0.15) is 0 Å². The fourth-order valence-electron chi connectivity index (χ4n) is 1.85. The molecule has 0 aromatic heterocycles. The SMILES string of the molecule is CS(=O)(=O)c1ccc(C(=O)Nc2ccc(Br)cc2)cc1[N+](=O)[O-]. The summed E-state index contributed by atoms with van der Waals surface area (Å²) in [5.41, 5.74) is -0.129. The molecule has 2 aromatic rings. The zero-order chi connectivity index (χ0) is 17.2. The van der Waals surface area contributed by atoms with Crippen molar-refractivity contribution >= 4 is 43.0 Å². The first-order valence-corrected chi connectivity index (χ1v) is 8.92. The van der Waals surface area contributed by atoms with Crippen molar-refractivity contribution in [2.24, 2.45) is 0 Å². The van der Waals surface area contributed by atoms with E-state index in [1.165, 1.54) is 6.07 Å². The van der Waals surface area contributed by atoms with Crippen LogP contribution in [-0.4, -0.2) is 25.5 Å². The Labute approximate surface area is 140 Å². The van der Waals surface area contributed by atoms with Gasteiger partial charge >= 0.3 is 0 Å². The van der Waals surface area contributed by atoms with Gasteiger partial charge < -0.3 is 5.32 Å². The van der Waals surface area contributed by atoms with Crippen LogP contribution in [0.25, 0.3) is 0 Å². The first-order chi connectivity index (χ1) is 10.7. The van der Waals surface area contributed by atoms with Gasteiger partial charge in [0.2, 0.25) is 0 Å². The summed E-state index contributed by atoms with van der Waals surface area (Å²) in [4.78, 5) is 21.9. The van der Waals surface area contributed by atoms with Crippen molar-refractivity contribution in [3.63, 3.8) is 0 Å². The van der Waals surface area contributed by atoms with Crippen LogP contribution >= 0.6 is 15.9 Å². The topological polar surface area (TPSA) is 106 Å². The van der Waals surface area contributed by atoms with E-state index < -0.39 is 31.3 Å². The number of halogens is 1. The zero-order valence-corrected chi connectivity index (χ0v) is 14.2. The van der Waals surface area contributed by atoms with E-state index in [2.05, 4.69) is 21.2 Å². The van der Waals surface area contributed by atoms with Crippen LogP contribution < -0.4 is 5.32 Å². The van der Waals surface area contributed by atoms with Crippen molar-refractivity contribution in [2.75, 3.05) is 11.6 Å². The van der Waals surface area contributed by atoms with Crippen LogP contribution in [0.15, 0.2) is 51.8 Å². The second kappa shape index (κ2) is 6.47. The Balaban J connectivity index is 2.36. The van der Waals surface area contributed by atoms with Gasteiger partial charge in [-0.25, -0.2) is 8.42 Å². The molecule has 0 bridgehead atoms. The lowest BCUT2D eigenvalue weighted by atomic mass is 10.2. The summed E-state index contributed by atoms with van der Waals surface area (Å²) in [5.74, 6) is -0.574. The molecular weight excluding hydrogens is 388 g/mol. The van der Waals surface area contributed by atoms with Crippen LogP contribution in [-0.2, 0) is 9.84 Å². The lowest BCUT2D eigenvalue weighted by Gasteiger charge is -2.07. The largest absolute Gasteiger partial charge is 0.322 e. The van der Waals surface area contributed by atoms with E-state index in [-0.39, 0.29) is 5.56 Å². The number of carbonyl (C=O) groups is 1. The summed E-state index contributed by atoms with van der Waals surface area (Å²) in [6.07, 6.45) is 0.872. The highest BCUT2D eigenvalue weighted by atomic mass is 79.9. The third-order valence-corrected chi connectivity index (χ3v) is 4.59. The molecule has 120 valence electrons. The summed E-state index contributed by atoms with van der Waals surface area (Å²) in [6, 6.07) is 10.0. The van der Waals surface area contributed by atoms with E-state index in [0.29, 0.717) is 5.69 Å². The number of amides is 1. The number of nitrogens with zero attached hydrogens (tertiary/aromatic N) is 1.